The van der Waals surface area contributed by atoms with E-state index in [-0.39, 0.29) is 5.38 Å². The Morgan fingerprint density at radius 1 is 1.25 bits per heavy atom. The van der Waals surface area contributed by atoms with E-state index in [1.807, 2.05) is 32.3 Å². The topological polar surface area (TPSA) is 21.7 Å². The van der Waals surface area contributed by atoms with E-state index >= 15 is 0 Å². The van der Waals surface area contributed by atoms with Crippen molar-refractivity contribution < 1.29 is 9.47 Å². The third-order valence-corrected chi connectivity index (χ3v) is 2.84. The van der Waals surface area contributed by atoms with E-state index < -0.39 is 0 Å². The molecule has 0 aliphatic carbocycles. The van der Waals surface area contributed by atoms with Gasteiger partial charge in [0.25, 0.3) is 0 Å². The van der Waals surface area contributed by atoms with E-state index in [0.29, 0.717) is 13.2 Å². The van der Waals surface area contributed by atoms with Gasteiger partial charge in [-0.1, -0.05) is 6.07 Å². The molecule has 2 rings (SSSR count). The smallest absolute Gasteiger partial charge is 0.161 e. The molecular weight excluding hydrogens is 226 g/mol. The van der Waals surface area contributed by atoms with Gasteiger partial charge in [-0.05, 0) is 31.8 Å². The van der Waals surface area contributed by atoms with Gasteiger partial charge in [-0.25, -0.2) is 0 Å². The Morgan fingerprint density at radius 2 is 1.94 bits per heavy atom. The van der Waals surface area contributed by atoms with Crippen molar-refractivity contribution >= 4 is 11.6 Å². The van der Waals surface area contributed by atoms with Crippen molar-refractivity contribution in [3.63, 3.8) is 0 Å². The Hall–Kier alpha value is -0.930. The number of fused-ring (bicyclic) bond motifs is 1. The second-order valence-electron chi connectivity index (χ2n) is 4.13. The summed E-state index contributed by atoms with van der Waals surface area (Å²) in [5, 5.41) is -0.0224. The van der Waals surface area contributed by atoms with Gasteiger partial charge in [0.2, 0.25) is 0 Å². The Morgan fingerprint density at radius 3 is 2.62 bits per heavy atom. The molecule has 0 amide bonds. The largest absolute Gasteiger partial charge is 0.486 e. The highest BCUT2D eigenvalue weighted by Gasteiger charge is 2.15. The van der Waals surface area contributed by atoms with Crippen molar-refractivity contribution in [2.24, 2.45) is 0 Å². The molecule has 0 saturated heterocycles. The normalized spacial score (nSPS) is 16.2. The zero-order valence-electron chi connectivity index (χ0n) is 9.57. The lowest BCUT2D eigenvalue weighted by Crippen LogP contribution is -2.18. The molecule has 16 heavy (non-hydrogen) atoms. The first-order valence-electron chi connectivity index (χ1n) is 5.35. The SMILES string of the molecule is CN(C)CC(Cl)c1ccc2c(c1)OCCO2. The Kier molecular flexibility index (Phi) is 3.56. The third kappa shape index (κ3) is 2.60. The van der Waals surface area contributed by atoms with Crippen LogP contribution >= 0.6 is 11.6 Å². The lowest BCUT2D eigenvalue weighted by molar-refractivity contribution is 0.171. The fourth-order valence-electron chi connectivity index (χ4n) is 1.68. The van der Waals surface area contributed by atoms with E-state index in [9.17, 15) is 0 Å². The summed E-state index contributed by atoms with van der Waals surface area (Å²) in [6, 6.07) is 5.89. The average Bonchev–Trinajstić information content (AvgIpc) is 2.27. The molecule has 1 aromatic rings. The molecule has 1 aromatic carbocycles. The van der Waals surface area contributed by atoms with Crippen molar-refractivity contribution in [3.05, 3.63) is 23.8 Å². The number of ether oxygens (including phenoxy) is 2. The van der Waals surface area contributed by atoms with Crippen molar-refractivity contribution in [2.45, 2.75) is 5.38 Å². The maximum atomic E-state index is 6.31. The molecule has 3 nitrogen and oxygen atoms in total. The summed E-state index contributed by atoms with van der Waals surface area (Å²) >= 11 is 6.31. The number of benzene rings is 1. The molecular formula is C12H16ClNO2. The van der Waals surface area contributed by atoms with E-state index in [0.717, 1.165) is 23.6 Å². The van der Waals surface area contributed by atoms with E-state index in [2.05, 4.69) is 4.90 Å². The van der Waals surface area contributed by atoms with Crippen molar-refractivity contribution in [3.8, 4) is 11.5 Å². The van der Waals surface area contributed by atoms with Gasteiger partial charge in [0.1, 0.15) is 13.2 Å². The van der Waals surface area contributed by atoms with Crippen molar-refractivity contribution in [1.82, 2.24) is 4.90 Å². The molecule has 0 N–H and O–H groups in total. The first-order chi connectivity index (χ1) is 7.66. The number of likely N-dealkylation sites (N-methyl/N-ethyl adjacent to an activating group) is 1. The number of halogens is 1. The zero-order chi connectivity index (χ0) is 11.5. The number of hydrogen-bond acceptors (Lipinski definition) is 3. The minimum Gasteiger partial charge on any atom is -0.486 e. The van der Waals surface area contributed by atoms with Crippen LogP contribution in [0.1, 0.15) is 10.9 Å². The van der Waals surface area contributed by atoms with Crippen molar-refractivity contribution in [1.29, 1.82) is 0 Å². The summed E-state index contributed by atoms with van der Waals surface area (Å²) < 4.78 is 11.0. The Balaban J connectivity index is 2.16. The molecule has 1 heterocycles. The minimum atomic E-state index is -0.0224. The molecule has 1 atom stereocenters. The Bertz CT molecular complexity index is 368. The molecule has 0 bridgehead atoms. The number of hydrogen-bond donors (Lipinski definition) is 0. The molecule has 0 spiro atoms. The maximum absolute atomic E-state index is 6.31. The fraction of sp³-hybridized carbons (Fsp3) is 0.500. The minimum absolute atomic E-state index is 0.0224. The molecule has 1 aliphatic rings. The molecule has 88 valence electrons. The van der Waals surface area contributed by atoms with Crippen molar-refractivity contribution in [2.75, 3.05) is 33.9 Å². The molecule has 0 radical (unpaired) electrons. The number of rotatable bonds is 3. The van der Waals surface area contributed by atoms with Gasteiger partial charge in [0.15, 0.2) is 11.5 Å². The molecule has 0 saturated carbocycles. The second-order valence-corrected chi connectivity index (χ2v) is 4.66. The van der Waals surface area contributed by atoms with E-state index in [1.165, 1.54) is 0 Å². The van der Waals surface area contributed by atoms with Crippen LogP contribution in [-0.2, 0) is 0 Å². The highest BCUT2D eigenvalue weighted by Crippen LogP contribution is 2.34. The van der Waals surface area contributed by atoms with Crippen LogP contribution in [0, 0.1) is 0 Å². The summed E-state index contributed by atoms with van der Waals surface area (Å²) in [4.78, 5) is 2.06. The van der Waals surface area contributed by atoms with Crippen LogP contribution in [0.5, 0.6) is 11.5 Å². The third-order valence-electron chi connectivity index (χ3n) is 2.45. The van der Waals surface area contributed by atoms with Gasteiger partial charge in [0, 0.05) is 6.54 Å². The van der Waals surface area contributed by atoms with E-state index in [4.69, 9.17) is 21.1 Å². The van der Waals surface area contributed by atoms with Crippen LogP contribution < -0.4 is 9.47 Å². The molecule has 0 aromatic heterocycles. The first kappa shape index (κ1) is 11.6. The molecule has 1 aliphatic heterocycles. The number of nitrogens with zero attached hydrogens (tertiary/aromatic N) is 1. The molecule has 0 fully saturated rings. The zero-order valence-corrected chi connectivity index (χ0v) is 10.3. The van der Waals surface area contributed by atoms with E-state index in [1.54, 1.807) is 0 Å². The van der Waals surface area contributed by atoms with Crippen LogP contribution in [0.3, 0.4) is 0 Å². The first-order valence-corrected chi connectivity index (χ1v) is 5.79. The van der Waals surface area contributed by atoms with Crippen LogP contribution in [0.4, 0.5) is 0 Å². The highest BCUT2D eigenvalue weighted by molar-refractivity contribution is 6.21. The summed E-state index contributed by atoms with van der Waals surface area (Å²) in [6.07, 6.45) is 0. The summed E-state index contributed by atoms with van der Waals surface area (Å²) in [6.45, 7) is 2.03. The predicted octanol–water partition coefficient (Wildman–Crippen LogP) is 2.30. The van der Waals surface area contributed by atoms with Gasteiger partial charge in [-0.2, -0.15) is 0 Å². The van der Waals surface area contributed by atoms with Gasteiger partial charge >= 0.3 is 0 Å². The van der Waals surface area contributed by atoms with Gasteiger partial charge in [-0.15, -0.1) is 11.6 Å². The van der Waals surface area contributed by atoms with Crippen LogP contribution in [0.25, 0.3) is 0 Å². The molecule has 4 heteroatoms. The molecule has 1 unspecified atom stereocenters. The lowest BCUT2D eigenvalue weighted by atomic mass is 10.1. The summed E-state index contributed by atoms with van der Waals surface area (Å²) in [5.41, 5.74) is 1.07. The standard InChI is InChI=1S/C12H16ClNO2/c1-14(2)8-10(13)9-3-4-11-12(7-9)16-6-5-15-11/h3-4,7,10H,5-6,8H2,1-2H3. The van der Waals surface area contributed by atoms with Crippen LogP contribution in [-0.4, -0.2) is 38.8 Å². The lowest BCUT2D eigenvalue weighted by Gasteiger charge is -2.21. The number of alkyl halides is 1. The monoisotopic (exact) mass is 241 g/mol. The van der Waals surface area contributed by atoms with Gasteiger partial charge in [-0.3, -0.25) is 0 Å². The highest BCUT2D eigenvalue weighted by atomic mass is 35.5. The van der Waals surface area contributed by atoms with Gasteiger partial charge in [0.05, 0.1) is 5.38 Å². The van der Waals surface area contributed by atoms with Crippen LogP contribution in [0.2, 0.25) is 0 Å². The second kappa shape index (κ2) is 4.93. The maximum Gasteiger partial charge on any atom is 0.161 e. The summed E-state index contributed by atoms with van der Waals surface area (Å²) in [5.74, 6) is 1.61. The average molecular weight is 242 g/mol. The fourth-order valence-corrected chi connectivity index (χ4v) is 2.09. The van der Waals surface area contributed by atoms with Crippen LogP contribution in [0.15, 0.2) is 18.2 Å². The summed E-state index contributed by atoms with van der Waals surface area (Å²) in [7, 11) is 4.01. The quantitative estimate of drug-likeness (QED) is 0.758. The Labute approximate surface area is 101 Å². The predicted molar refractivity (Wildman–Crippen MR) is 64.6 cm³/mol. The van der Waals surface area contributed by atoms with Gasteiger partial charge < -0.3 is 14.4 Å².